The second-order valence-electron chi connectivity index (χ2n) is 7.31. The zero-order chi connectivity index (χ0) is 25.1. The molecular formula is C24H19ClN6O4. The van der Waals surface area contributed by atoms with Crippen molar-refractivity contribution < 1.29 is 19.1 Å². The van der Waals surface area contributed by atoms with Gasteiger partial charge in [0.25, 0.3) is 0 Å². The molecule has 2 N–H and O–H groups in total. The van der Waals surface area contributed by atoms with Crippen molar-refractivity contribution in [2.24, 2.45) is 5.73 Å². The number of nitrogens with zero attached hydrogens (tertiary/aromatic N) is 5. The van der Waals surface area contributed by atoms with Gasteiger partial charge in [-0.1, -0.05) is 41.9 Å². The molecule has 1 aliphatic rings. The molecule has 0 saturated carbocycles. The van der Waals surface area contributed by atoms with Crippen molar-refractivity contribution in [3.8, 4) is 11.8 Å². The molecule has 4 rings (SSSR count). The van der Waals surface area contributed by atoms with E-state index in [0.717, 1.165) is 0 Å². The summed E-state index contributed by atoms with van der Waals surface area (Å²) >= 11 is 6.31. The number of hydrogen-bond donors (Lipinski definition) is 1. The molecule has 0 spiro atoms. The van der Waals surface area contributed by atoms with Gasteiger partial charge in [-0.25, -0.2) is 19.3 Å². The Kier molecular flexibility index (Phi) is 6.53. The number of nitrogens with two attached hydrogens (primary N) is 1. The summed E-state index contributed by atoms with van der Waals surface area (Å²) in [5.41, 5.74) is 7.52. The van der Waals surface area contributed by atoms with Crippen molar-refractivity contribution in [1.82, 2.24) is 14.8 Å². The fourth-order valence-electron chi connectivity index (χ4n) is 3.97. The number of ether oxygens (including phenoxy) is 2. The topological polar surface area (TPSA) is 136 Å². The quantitative estimate of drug-likeness (QED) is 0.535. The Labute approximate surface area is 205 Å². The van der Waals surface area contributed by atoms with Gasteiger partial charge in [0.1, 0.15) is 24.2 Å². The molecule has 0 amide bonds. The maximum Gasteiger partial charge on any atom is 0.355 e. The molecule has 0 saturated heterocycles. The summed E-state index contributed by atoms with van der Waals surface area (Å²) in [6.07, 6.45) is 2.77. The SMILES string of the molecule is COC(=O)C1=C(C(=O)OC)N(c2cc(Cl)ccc2-n2cncn2)C(N)=C(C#N)C1c1ccccc1. The van der Waals surface area contributed by atoms with Crippen LogP contribution in [0.3, 0.4) is 0 Å². The van der Waals surface area contributed by atoms with Crippen LogP contribution in [-0.2, 0) is 19.1 Å². The number of carbonyl (C=O) groups is 2. The number of anilines is 1. The third-order valence-electron chi connectivity index (χ3n) is 5.45. The van der Waals surface area contributed by atoms with E-state index >= 15 is 0 Å². The predicted molar refractivity (Wildman–Crippen MR) is 126 cm³/mol. The third kappa shape index (κ3) is 4.09. The smallest absolute Gasteiger partial charge is 0.355 e. The van der Waals surface area contributed by atoms with Gasteiger partial charge < -0.3 is 15.2 Å². The monoisotopic (exact) mass is 490 g/mol. The number of allylic oxidation sites excluding steroid dienone is 1. The van der Waals surface area contributed by atoms with E-state index in [9.17, 15) is 14.9 Å². The molecule has 10 nitrogen and oxygen atoms in total. The molecule has 1 aliphatic heterocycles. The van der Waals surface area contributed by atoms with Crippen LogP contribution in [0.2, 0.25) is 5.02 Å². The number of nitriles is 1. The van der Waals surface area contributed by atoms with E-state index in [4.69, 9.17) is 26.8 Å². The van der Waals surface area contributed by atoms with Crippen LogP contribution in [0.5, 0.6) is 0 Å². The summed E-state index contributed by atoms with van der Waals surface area (Å²) < 4.78 is 11.5. The van der Waals surface area contributed by atoms with E-state index in [0.29, 0.717) is 16.3 Å². The van der Waals surface area contributed by atoms with Crippen LogP contribution in [0.15, 0.2) is 83.8 Å². The van der Waals surface area contributed by atoms with E-state index in [1.807, 2.05) is 0 Å². The van der Waals surface area contributed by atoms with Gasteiger partial charge in [-0.15, -0.1) is 0 Å². The fraction of sp³-hybridized carbons (Fsp3) is 0.125. The normalized spacial score (nSPS) is 15.6. The number of benzene rings is 2. The fourth-order valence-corrected chi connectivity index (χ4v) is 4.13. The maximum absolute atomic E-state index is 13.2. The average Bonchev–Trinajstić information content (AvgIpc) is 3.42. The van der Waals surface area contributed by atoms with E-state index < -0.39 is 17.9 Å². The minimum Gasteiger partial charge on any atom is -0.466 e. The van der Waals surface area contributed by atoms with Gasteiger partial charge in [0.15, 0.2) is 0 Å². The van der Waals surface area contributed by atoms with Crippen LogP contribution in [0.25, 0.3) is 5.69 Å². The first kappa shape index (κ1) is 23.5. The molecule has 0 bridgehead atoms. The third-order valence-corrected chi connectivity index (χ3v) is 5.69. The van der Waals surface area contributed by atoms with Crippen molar-refractivity contribution in [3.63, 3.8) is 0 Å². The van der Waals surface area contributed by atoms with Gasteiger partial charge >= 0.3 is 11.9 Å². The van der Waals surface area contributed by atoms with E-state index in [2.05, 4.69) is 16.2 Å². The Morgan fingerprint density at radius 3 is 2.40 bits per heavy atom. The van der Waals surface area contributed by atoms with Crippen molar-refractivity contribution in [2.45, 2.75) is 5.92 Å². The maximum atomic E-state index is 13.2. The van der Waals surface area contributed by atoms with Gasteiger partial charge in [-0.3, -0.25) is 4.90 Å². The molecule has 176 valence electrons. The predicted octanol–water partition coefficient (Wildman–Crippen LogP) is 2.82. The summed E-state index contributed by atoms with van der Waals surface area (Å²) in [6.45, 7) is 0. The molecule has 1 unspecified atom stereocenters. The molecule has 11 heteroatoms. The lowest BCUT2D eigenvalue weighted by Gasteiger charge is -2.36. The first-order valence-electron chi connectivity index (χ1n) is 10.2. The molecule has 1 aromatic heterocycles. The summed E-state index contributed by atoms with van der Waals surface area (Å²) in [6, 6.07) is 15.6. The molecule has 35 heavy (non-hydrogen) atoms. The van der Waals surface area contributed by atoms with Crippen LogP contribution < -0.4 is 10.6 Å². The molecule has 0 aliphatic carbocycles. The molecule has 0 fully saturated rings. The van der Waals surface area contributed by atoms with E-state index in [1.54, 1.807) is 42.5 Å². The summed E-state index contributed by atoms with van der Waals surface area (Å²) in [5, 5.41) is 14.6. The highest BCUT2D eigenvalue weighted by molar-refractivity contribution is 6.31. The second-order valence-corrected chi connectivity index (χ2v) is 7.74. The first-order chi connectivity index (χ1) is 16.9. The summed E-state index contributed by atoms with van der Waals surface area (Å²) in [5.74, 6) is -2.75. The van der Waals surface area contributed by atoms with Gasteiger partial charge in [-0.05, 0) is 23.8 Å². The Morgan fingerprint density at radius 2 is 1.80 bits per heavy atom. The Balaban J connectivity index is 2.11. The van der Waals surface area contributed by atoms with Crippen molar-refractivity contribution in [1.29, 1.82) is 5.26 Å². The van der Waals surface area contributed by atoms with Crippen LogP contribution >= 0.6 is 11.6 Å². The standard InChI is InChI=1S/C24H19ClN6O4/c1-34-23(32)20-19(14-6-4-3-5-7-14)16(11-26)22(27)31(21(20)24(33)35-2)18-10-15(25)8-9-17(18)30-13-28-12-29-30/h3-10,12-13,19H,27H2,1-2H3. The van der Waals surface area contributed by atoms with E-state index in [1.165, 1.54) is 42.5 Å². The van der Waals surface area contributed by atoms with Gasteiger partial charge in [0.05, 0.1) is 48.7 Å². The highest BCUT2D eigenvalue weighted by Gasteiger charge is 2.43. The summed E-state index contributed by atoms with van der Waals surface area (Å²) in [7, 11) is 2.36. The molecule has 3 aromatic rings. The van der Waals surface area contributed by atoms with Crippen LogP contribution in [-0.4, -0.2) is 40.9 Å². The Hall–Kier alpha value is -4.62. The lowest BCUT2D eigenvalue weighted by atomic mass is 9.81. The average molecular weight is 491 g/mol. The minimum absolute atomic E-state index is 0.0359. The highest BCUT2D eigenvalue weighted by Crippen LogP contribution is 2.44. The van der Waals surface area contributed by atoms with Gasteiger partial charge in [0, 0.05) is 5.02 Å². The van der Waals surface area contributed by atoms with Crippen molar-refractivity contribution >= 4 is 29.2 Å². The lowest BCUT2D eigenvalue weighted by Crippen LogP contribution is -2.41. The summed E-state index contributed by atoms with van der Waals surface area (Å²) in [4.78, 5) is 31.6. The van der Waals surface area contributed by atoms with Crippen molar-refractivity contribution in [2.75, 3.05) is 19.1 Å². The molecule has 2 aromatic carbocycles. The number of aromatic nitrogens is 3. The second kappa shape index (κ2) is 9.70. The number of rotatable bonds is 5. The van der Waals surface area contributed by atoms with Crippen LogP contribution in [0.1, 0.15) is 11.5 Å². The highest BCUT2D eigenvalue weighted by atomic mass is 35.5. The number of esters is 2. The number of carbonyl (C=O) groups excluding carboxylic acids is 2. The minimum atomic E-state index is -0.979. The van der Waals surface area contributed by atoms with Crippen molar-refractivity contribution in [3.05, 3.63) is 94.4 Å². The van der Waals surface area contributed by atoms with E-state index in [-0.39, 0.29) is 28.4 Å². The number of methoxy groups -OCH3 is 2. The molecule has 2 heterocycles. The number of hydrogen-bond acceptors (Lipinski definition) is 9. The molecular weight excluding hydrogens is 472 g/mol. The number of halogens is 1. The van der Waals surface area contributed by atoms with Crippen LogP contribution in [0.4, 0.5) is 5.69 Å². The lowest BCUT2D eigenvalue weighted by molar-refractivity contribution is -0.139. The van der Waals surface area contributed by atoms with Gasteiger partial charge in [0.2, 0.25) is 0 Å². The molecule has 0 radical (unpaired) electrons. The molecule has 1 atom stereocenters. The Bertz CT molecular complexity index is 1390. The van der Waals surface area contributed by atoms with Crippen LogP contribution in [0, 0.1) is 11.3 Å². The zero-order valence-corrected chi connectivity index (χ0v) is 19.4. The first-order valence-corrected chi connectivity index (χ1v) is 10.6. The Morgan fingerprint density at radius 1 is 1.09 bits per heavy atom. The zero-order valence-electron chi connectivity index (χ0n) is 18.7. The largest absolute Gasteiger partial charge is 0.466 e. The van der Waals surface area contributed by atoms with Gasteiger partial charge in [-0.2, -0.15) is 10.4 Å².